The van der Waals surface area contributed by atoms with Crippen LogP contribution in [0.25, 0.3) is 0 Å². The summed E-state index contributed by atoms with van der Waals surface area (Å²) in [6.07, 6.45) is 2.36. The van der Waals surface area contributed by atoms with Crippen molar-refractivity contribution in [3.05, 3.63) is 29.8 Å². The minimum Gasteiger partial charge on any atom is -0.508 e. The molecule has 1 aromatic rings. The lowest BCUT2D eigenvalue weighted by Crippen LogP contribution is -2.29. The predicted molar refractivity (Wildman–Crippen MR) is 61.8 cm³/mol. The molecule has 0 aliphatic heterocycles. The third-order valence-corrected chi connectivity index (χ3v) is 3.12. The van der Waals surface area contributed by atoms with E-state index in [2.05, 4.69) is 5.32 Å². The first kappa shape index (κ1) is 11.0. The van der Waals surface area contributed by atoms with Crippen molar-refractivity contribution in [3.63, 3.8) is 0 Å². The highest BCUT2D eigenvalue weighted by Crippen LogP contribution is 2.36. The van der Waals surface area contributed by atoms with Crippen LogP contribution >= 0.6 is 0 Å². The Balaban J connectivity index is 1.84. The molecule has 0 bridgehead atoms. The van der Waals surface area contributed by atoms with Crippen LogP contribution in [0.5, 0.6) is 5.75 Å². The first-order valence-electron chi connectivity index (χ1n) is 5.72. The van der Waals surface area contributed by atoms with Gasteiger partial charge in [-0.3, -0.25) is 4.79 Å². The number of rotatable bonds is 4. The van der Waals surface area contributed by atoms with E-state index in [1.54, 1.807) is 18.2 Å². The Kier molecular flexibility index (Phi) is 3.13. The zero-order chi connectivity index (χ0) is 11.5. The smallest absolute Gasteiger partial charge is 0.223 e. The monoisotopic (exact) mass is 219 g/mol. The average Bonchev–Trinajstić information content (AvgIpc) is 3.09. The van der Waals surface area contributed by atoms with Gasteiger partial charge in [-0.05, 0) is 36.5 Å². The fourth-order valence-electron chi connectivity index (χ4n) is 1.83. The summed E-state index contributed by atoms with van der Waals surface area (Å²) in [6.45, 7) is 2.47. The van der Waals surface area contributed by atoms with Gasteiger partial charge < -0.3 is 10.4 Å². The summed E-state index contributed by atoms with van der Waals surface area (Å²) in [5.41, 5.74) is 0.927. The average molecular weight is 219 g/mol. The molecule has 2 rings (SSSR count). The van der Waals surface area contributed by atoms with Gasteiger partial charge in [0.1, 0.15) is 5.75 Å². The second-order valence-electron chi connectivity index (χ2n) is 4.51. The van der Waals surface area contributed by atoms with Crippen LogP contribution < -0.4 is 5.32 Å². The molecule has 1 atom stereocenters. The highest BCUT2D eigenvalue weighted by atomic mass is 16.3. The van der Waals surface area contributed by atoms with E-state index >= 15 is 0 Å². The third kappa shape index (κ3) is 2.75. The fraction of sp³-hybridized carbons (Fsp3) is 0.462. The molecule has 0 spiro atoms. The molecule has 0 heterocycles. The molecular formula is C13H17NO2. The number of benzene rings is 1. The highest BCUT2D eigenvalue weighted by molar-refractivity contribution is 5.78. The van der Waals surface area contributed by atoms with Crippen molar-refractivity contribution in [3.8, 4) is 5.75 Å². The molecule has 0 aromatic heterocycles. The Morgan fingerprint density at radius 1 is 1.56 bits per heavy atom. The van der Waals surface area contributed by atoms with Crippen LogP contribution in [0.2, 0.25) is 0 Å². The van der Waals surface area contributed by atoms with Crippen molar-refractivity contribution in [2.45, 2.75) is 26.3 Å². The number of hydrogen-bond acceptors (Lipinski definition) is 2. The van der Waals surface area contributed by atoms with Crippen molar-refractivity contribution < 1.29 is 9.90 Å². The topological polar surface area (TPSA) is 49.3 Å². The molecule has 1 aliphatic rings. The van der Waals surface area contributed by atoms with E-state index in [1.807, 2.05) is 13.0 Å². The first-order valence-corrected chi connectivity index (χ1v) is 5.72. The maximum atomic E-state index is 11.7. The van der Waals surface area contributed by atoms with Crippen molar-refractivity contribution in [2.24, 2.45) is 11.8 Å². The van der Waals surface area contributed by atoms with Crippen molar-refractivity contribution >= 4 is 5.91 Å². The van der Waals surface area contributed by atoms with Crippen molar-refractivity contribution in [1.29, 1.82) is 0 Å². The van der Waals surface area contributed by atoms with Gasteiger partial charge >= 0.3 is 0 Å². The van der Waals surface area contributed by atoms with Gasteiger partial charge in [0.05, 0.1) is 0 Å². The van der Waals surface area contributed by atoms with E-state index in [4.69, 9.17) is 0 Å². The minimum atomic E-state index is 0.117. The number of carbonyl (C=O) groups excluding carboxylic acids is 1. The summed E-state index contributed by atoms with van der Waals surface area (Å²) >= 11 is 0. The van der Waals surface area contributed by atoms with Crippen LogP contribution in [0.4, 0.5) is 0 Å². The van der Waals surface area contributed by atoms with Crippen LogP contribution in [-0.2, 0) is 11.3 Å². The summed E-state index contributed by atoms with van der Waals surface area (Å²) in [4.78, 5) is 11.7. The predicted octanol–water partition coefficient (Wildman–Crippen LogP) is 2.05. The van der Waals surface area contributed by atoms with Crippen LogP contribution in [0, 0.1) is 11.8 Å². The Morgan fingerprint density at radius 2 is 2.31 bits per heavy atom. The molecule has 3 nitrogen and oxygen atoms in total. The van der Waals surface area contributed by atoms with Gasteiger partial charge in [-0.15, -0.1) is 0 Å². The van der Waals surface area contributed by atoms with Crippen molar-refractivity contribution in [1.82, 2.24) is 5.32 Å². The normalized spacial score (nSPS) is 16.8. The second kappa shape index (κ2) is 4.56. The Bertz CT molecular complexity index is 385. The number of phenolic OH excluding ortho intramolecular Hbond substituents is 1. The number of carbonyl (C=O) groups is 1. The number of nitrogens with one attached hydrogen (secondary N) is 1. The van der Waals surface area contributed by atoms with Gasteiger partial charge in [-0.25, -0.2) is 0 Å². The lowest BCUT2D eigenvalue weighted by molar-refractivity contribution is -0.125. The van der Waals surface area contributed by atoms with E-state index < -0.39 is 0 Å². The molecule has 1 aliphatic carbocycles. The molecule has 1 fully saturated rings. The van der Waals surface area contributed by atoms with Crippen LogP contribution in [0.1, 0.15) is 25.3 Å². The standard InChI is InChI=1S/C13H17NO2/c1-9(11-5-6-11)13(16)14-8-10-3-2-4-12(15)7-10/h2-4,7,9,11,15H,5-6,8H2,1H3,(H,14,16). The number of hydrogen-bond donors (Lipinski definition) is 2. The quantitative estimate of drug-likeness (QED) is 0.814. The summed E-state index contributed by atoms with van der Waals surface area (Å²) in [7, 11) is 0. The van der Waals surface area contributed by atoms with E-state index in [1.165, 1.54) is 12.8 Å². The Hall–Kier alpha value is -1.51. The summed E-state index contributed by atoms with van der Waals surface area (Å²) in [6, 6.07) is 6.96. The van der Waals surface area contributed by atoms with E-state index in [0.29, 0.717) is 12.5 Å². The molecule has 2 N–H and O–H groups in total. The van der Waals surface area contributed by atoms with E-state index in [-0.39, 0.29) is 17.6 Å². The third-order valence-electron chi connectivity index (χ3n) is 3.12. The molecule has 1 amide bonds. The van der Waals surface area contributed by atoms with E-state index in [0.717, 1.165) is 5.56 Å². The number of phenols is 1. The molecular weight excluding hydrogens is 202 g/mol. The summed E-state index contributed by atoms with van der Waals surface area (Å²) in [5, 5.41) is 12.2. The molecule has 3 heteroatoms. The van der Waals surface area contributed by atoms with Gasteiger partial charge in [0.25, 0.3) is 0 Å². The second-order valence-corrected chi connectivity index (χ2v) is 4.51. The van der Waals surface area contributed by atoms with Crippen LogP contribution in [0.3, 0.4) is 0 Å². The SMILES string of the molecule is CC(C(=O)NCc1cccc(O)c1)C1CC1. The maximum Gasteiger partial charge on any atom is 0.223 e. The Morgan fingerprint density at radius 3 is 2.94 bits per heavy atom. The molecule has 1 saturated carbocycles. The lowest BCUT2D eigenvalue weighted by Gasteiger charge is -2.11. The molecule has 86 valence electrons. The molecule has 0 saturated heterocycles. The number of aromatic hydroxyl groups is 1. The van der Waals surface area contributed by atoms with Gasteiger partial charge in [0.2, 0.25) is 5.91 Å². The summed E-state index contributed by atoms with van der Waals surface area (Å²) < 4.78 is 0. The summed E-state index contributed by atoms with van der Waals surface area (Å²) in [5.74, 6) is 1.06. The zero-order valence-electron chi connectivity index (χ0n) is 9.44. The largest absolute Gasteiger partial charge is 0.508 e. The van der Waals surface area contributed by atoms with Gasteiger partial charge in [-0.1, -0.05) is 19.1 Å². The maximum absolute atomic E-state index is 11.7. The Labute approximate surface area is 95.5 Å². The molecule has 16 heavy (non-hydrogen) atoms. The zero-order valence-corrected chi connectivity index (χ0v) is 9.44. The molecule has 1 aromatic carbocycles. The first-order chi connectivity index (χ1) is 7.66. The van der Waals surface area contributed by atoms with Crippen LogP contribution in [-0.4, -0.2) is 11.0 Å². The fourth-order valence-corrected chi connectivity index (χ4v) is 1.83. The van der Waals surface area contributed by atoms with Crippen LogP contribution in [0.15, 0.2) is 24.3 Å². The molecule has 1 unspecified atom stereocenters. The van der Waals surface area contributed by atoms with Gasteiger partial charge in [0.15, 0.2) is 0 Å². The van der Waals surface area contributed by atoms with Crippen molar-refractivity contribution in [2.75, 3.05) is 0 Å². The minimum absolute atomic E-state index is 0.117. The van der Waals surface area contributed by atoms with Gasteiger partial charge in [0, 0.05) is 12.5 Å². The van der Waals surface area contributed by atoms with E-state index in [9.17, 15) is 9.90 Å². The lowest BCUT2D eigenvalue weighted by atomic mass is 10.1. The highest BCUT2D eigenvalue weighted by Gasteiger charge is 2.32. The number of amides is 1. The molecule has 0 radical (unpaired) electrons. The van der Waals surface area contributed by atoms with Gasteiger partial charge in [-0.2, -0.15) is 0 Å².